The van der Waals surface area contributed by atoms with Gasteiger partial charge in [0, 0.05) is 21.6 Å². The Balaban J connectivity index is 2.39. The van der Waals surface area contributed by atoms with Gasteiger partial charge in [-0.2, -0.15) is 13.2 Å². The number of aliphatic imine (C=N–C) groups is 1. The van der Waals surface area contributed by atoms with Gasteiger partial charge in [0.15, 0.2) is 11.3 Å². The minimum absolute atomic E-state index is 0.241. The zero-order chi connectivity index (χ0) is 14.9. The maximum Gasteiger partial charge on any atom is 0.416 e. The zero-order valence-corrected chi connectivity index (χ0v) is 13.6. The fourth-order valence-electron chi connectivity index (χ4n) is 1.63. The number of hydrogen-bond acceptors (Lipinski definition) is 2. The molecule has 1 aromatic carbocycles. The van der Waals surface area contributed by atoms with Crippen LogP contribution in [0.15, 0.2) is 43.5 Å². The summed E-state index contributed by atoms with van der Waals surface area (Å²) >= 11 is 12.3. The second-order valence-corrected chi connectivity index (χ2v) is 6.16. The molecule has 0 fully saturated rings. The first-order valence-corrected chi connectivity index (χ1v) is 7.39. The number of allylic oxidation sites excluding steroid dienone is 1. The topological polar surface area (TPSA) is 21.6 Å². The number of hydrogen-bond donors (Lipinski definition) is 0. The summed E-state index contributed by atoms with van der Waals surface area (Å²) in [6, 6.07) is 4.84. The number of dihydropyridines is 1. The molecule has 2 nitrogen and oxygen atoms in total. The molecule has 108 valence electrons. The minimum atomic E-state index is -4.50. The van der Waals surface area contributed by atoms with Crippen molar-refractivity contribution in [2.75, 3.05) is 0 Å². The number of alkyl halides is 4. The molecule has 0 saturated heterocycles. The number of rotatable bonds is 2. The van der Waals surface area contributed by atoms with Gasteiger partial charge in [0.1, 0.15) is 5.75 Å². The Kier molecular flexibility index (Phi) is 4.81. The average Bonchev–Trinajstić information content (AvgIpc) is 2.29. The maximum atomic E-state index is 12.9. The van der Waals surface area contributed by atoms with Gasteiger partial charge >= 0.3 is 6.18 Å². The Morgan fingerprint density at radius 1 is 1.20 bits per heavy atom. The van der Waals surface area contributed by atoms with Crippen molar-refractivity contribution in [1.29, 1.82) is 0 Å². The lowest BCUT2D eigenvalue weighted by Gasteiger charge is -2.22. The first-order chi connectivity index (χ1) is 9.27. The third-order valence-electron chi connectivity index (χ3n) is 2.45. The second kappa shape index (κ2) is 6.07. The molecule has 0 bridgehead atoms. The molecule has 0 amide bonds. The molecule has 0 N–H and O–H groups in total. The van der Waals surface area contributed by atoms with Gasteiger partial charge in [-0.1, -0.05) is 43.5 Å². The molecular weight excluding hydrogens is 426 g/mol. The highest BCUT2D eigenvalue weighted by molar-refractivity contribution is 9.11. The van der Waals surface area contributed by atoms with Crippen LogP contribution in [0.5, 0.6) is 5.75 Å². The molecule has 0 aliphatic carbocycles. The van der Waals surface area contributed by atoms with Crippen molar-refractivity contribution in [1.82, 2.24) is 0 Å². The predicted octanol–water partition coefficient (Wildman–Crippen LogP) is 5.45. The van der Waals surface area contributed by atoms with E-state index in [-0.39, 0.29) is 17.9 Å². The Morgan fingerprint density at radius 3 is 2.35 bits per heavy atom. The lowest BCUT2D eigenvalue weighted by molar-refractivity contribution is -0.0953. The van der Waals surface area contributed by atoms with E-state index in [9.17, 15) is 13.2 Å². The third-order valence-corrected chi connectivity index (χ3v) is 3.68. The Labute approximate surface area is 134 Å². The van der Waals surface area contributed by atoms with Gasteiger partial charge in [-0.3, -0.25) is 4.99 Å². The molecule has 0 spiro atoms. The van der Waals surface area contributed by atoms with Gasteiger partial charge in [-0.25, -0.2) is 0 Å². The first kappa shape index (κ1) is 15.9. The van der Waals surface area contributed by atoms with Crippen molar-refractivity contribution in [3.05, 3.63) is 38.5 Å². The van der Waals surface area contributed by atoms with Crippen molar-refractivity contribution in [3.8, 4) is 5.75 Å². The van der Waals surface area contributed by atoms with Crippen LogP contribution in [0.2, 0.25) is 0 Å². The zero-order valence-electron chi connectivity index (χ0n) is 9.72. The summed E-state index contributed by atoms with van der Waals surface area (Å²) in [6.07, 6.45) is -3.71. The van der Waals surface area contributed by atoms with Crippen molar-refractivity contribution in [3.63, 3.8) is 0 Å². The van der Waals surface area contributed by atoms with Crippen LogP contribution in [-0.4, -0.2) is 17.9 Å². The molecule has 1 aromatic rings. The summed E-state index contributed by atoms with van der Waals surface area (Å²) in [5.41, 5.74) is -2.00. The molecule has 1 aliphatic heterocycles. The van der Waals surface area contributed by atoms with Gasteiger partial charge in [-0.05, 0) is 18.2 Å². The molecule has 0 saturated carbocycles. The van der Waals surface area contributed by atoms with Crippen LogP contribution in [0.25, 0.3) is 0 Å². The smallest absolute Gasteiger partial charge is 0.416 e. The quantitative estimate of drug-likeness (QED) is 0.449. The normalized spacial score (nSPS) is 19.4. The van der Waals surface area contributed by atoms with Gasteiger partial charge in [0.05, 0.1) is 5.57 Å². The molecule has 8 heteroatoms. The van der Waals surface area contributed by atoms with Crippen molar-refractivity contribution in [2.45, 2.75) is 18.1 Å². The van der Waals surface area contributed by atoms with Crippen molar-refractivity contribution >= 4 is 49.7 Å². The molecule has 0 aromatic heterocycles. The largest absolute Gasteiger partial charge is 0.458 e. The molecule has 20 heavy (non-hydrogen) atoms. The summed E-state index contributed by atoms with van der Waals surface area (Å²) < 4.78 is 45.5. The van der Waals surface area contributed by atoms with Crippen LogP contribution in [-0.2, 0) is 0 Å². The first-order valence-electron chi connectivity index (χ1n) is 5.37. The molecule has 1 aliphatic rings. The molecular formula is C12H7Br2ClF3NO. The maximum absolute atomic E-state index is 12.9. The second-order valence-electron chi connectivity index (χ2n) is 3.92. The fraction of sp³-hybridized carbons (Fsp3) is 0.250. The van der Waals surface area contributed by atoms with E-state index in [0.29, 0.717) is 8.95 Å². The summed E-state index contributed by atoms with van der Waals surface area (Å²) in [5, 5.41) is 0. The van der Waals surface area contributed by atoms with Crippen LogP contribution in [0, 0.1) is 0 Å². The van der Waals surface area contributed by atoms with Gasteiger partial charge in [-0.15, -0.1) is 0 Å². The molecule has 2 rings (SSSR count). The summed E-state index contributed by atoms with van der Waals surface area (Å²) in [5.74, 6) is -0.141. The highest BCUT2D eigenvalue weighted by Gasteiger charge is 2.40. The van der Waals surface area contributed by atoms with E-state index in [2.05, 4.69) is 36.9 Å². The van der Waals surface area contributed by atoms with E-state index in [1.807, 2.05) is 0 Å². The van der Waals surface area contributed by atoms with Crippen LogP contribution in [0.1, 0.15) is 6.42 Å². The van der Waals surface area contributed by atoms with Crippen molar-refractivity contribution < 1.29 is 17.9 Å². The Hall–Kier alpha value is -0.530. The highest BCUT2D eigenvalue weighted by atomic mass is 79.9. The fourth-order valence-corrected chi connectivity index (χ4v) is 3.14. The standard InChI is InChI=1S/C12H7Br2ClF3NO/c13-6-3-7(14)5-8(4-6)20-10-9(12(16,17)18)1-2-19-11(10)15/h2-5,11H,1H2. The lowest BCUT2D eigenvalue weighted by Crippen LogP contribution is -2.24. The third kappa shape index (κ3) is 3.77. The summed E-state index contributed by atoms with van der Waals surface area (Å²) in [4.78, 5) is 3.75. The molecule has 1 unspecified atom stereocenters. The van der Waals surface area contributed by atoms with E-state index in [1.165, 1.54) is 0 Å². The predicted molar refractivity (Wildman–Crippen MR) is 78.3 cm³/mol. The average molecular weight is 433 g/mol. The van der Waals surface area contributed by atoms with E-state index in [4.69, 9.17) is 16.3 Å². The van der Waals surface area contributed by atoms with E-state index < -0.39 is 17.3 Å². The van der Waals surface area contributed by atoms with Gasteiger partial charge in [0.2, 0.25) is 0 Å². The van der Waals surface area contributed by atoms with E-state index in [1.54, 1.807) is 18.2 Å². The molecule has 1 heterocycles. The van der Waals surface area contributed by atoms with Crippen LogP contribution < -0.4 is 4.74 Å². The van der Waals surface area contributed by atoms with Crippen LogP contribution in [0.3, 0.4) is 0 Å². The van der Waals surface area contributed by atoms with Crippen LogP contribution >= 0.6 is 43.5 Å². The number of benzene rings is 1. The van der Waals surface area contributed by atoms with E-state index >= 15 is 0 Å². The number of ether oxygens (including phenoxy) is 1. The number of halogens is 6. The number of nitrogens with zero attached hydrogens (tertiary/aromatic N) is 1. The lowest BCUT2D eigenvalue weighted by atomic mass is 10.1. The van der Waals surface area contributed by atoms with Gasteiger partial charge < -0.3 is 4.74 Å². The monoisotopic (exact) mass is 431 g/mol. The molecule has 0 radical (unpaired) electrons. The van der Waals surface area contributed by atoms with Crippen molar-refractivity contribution in [2.24, 2.45) is 4.99 Å². The SMILES string of the molecule is FC(F)(F)C1=C(Oc2cc(Br)cc(Br)c2)C(Cl)N=CC1. The van der Waals surface area contributed by atoms with Gasteiger partial charge in [0.25, 0.3) is 0 Å². The summed E-state index contributed by atoms with van der Waals surface area (Å²) in [7, 11) is 0. The van der Waals surface area contributed by atoms with E-state index in [0.717, 1.165) is 6.21 Å². The Bertz CT molecular complexity index is 566. The summed E-state index contributed by atoms with van der Waals surface area (Å²) in [6.45, 7) is 0. The Morgan fingerprint density at radius 2 is 1.80 bits per heavy atom. The molecule has 1 atom stereocenters. The van der Waals surface area contributed by atoms with Crippen LogP contribution in [0.4, 0.5) is 13.2 Å². The highest BCUT2D eigenvalue weighted by Crippen LogP contribution is 2.37. The minimum Gasteiger partial charge on any atom is -0.458 e.